The van der Waals surface area contributed by atoms with Crippen molar-refractivity contribution in [3.8, 4) is 0 Å². The standard InChI is InChI=1S/C15H25N3O3S/c1-14(2)11-5-6-15(14,3)12(9-11)16-17-13(19)10-18-7-4-8-22(18,20)21/h11H,4-10H2,1-3H3,(H,17,19)/t11-,15+/m0/s1. The van der Waals surface area contributed by atoms with Crippen LogP contribution in [0.15, 0.2) is 5.10 Å². The van der Waals surface area contributed by atoms with Crippen molar-refractivity contribution in [2.45, 2.75) is 46.5 Å². The average molecular weight is 327 g/mol. The molecule has 1 amide bonds. The number of nitrogens with zero attached hydrogens (tertiary/aromatic N) is 2. The predicted molar refractivity (Wildman–Crippen MR) is 84.8 cm³/mol. The Labute approximate surface area is 132 Å². The van der Waals surface area contributed by atoms with Gasteiger partial charge in [0.25, 0.3) is 5.91 Å². The summed E-state index contributed by atoms with van der Waals surface area (Å²) in [5.41, 5.74) is 3.90. The van der Waals surface area contributed by atoms with Gasteiger partial charge in [-0.15, -0.1) is 0 Å². The molecule has 1 heterocycles. The van der Waals surface area contributed by atoms with Crippen LogP contribution >= 0.6 is 0 Å². The van der Waals surface area contributed by atoms with Gasteiger partial charge in [0.1, 0.15) is 0 Å². The van der Waals surface area contributed by atoms with Crippen molar-refractivity contribution in [3.05, 3.63) is 0 Å². The number of hydrogen-bond acceptors (Lipinski definition) is 4. The van der Waals surface area contributed by atoms with Crippen molar-refractivity contribution in [2.75, 3.05) is 18.8 Å². The van der Waals surface area contributed by atoms with Crippen LogP contribution < -0.4 is 5.43 Å². The molecule has 2 atom stereocenters. The molecule has 6 nitrogen and oxygen atoms in total. The van der Waals surface area contributed by atoms with E-state index in [0.29, 0.717) is 18.9 Å². The van der Waals surface area contributed by atoms with Gasteiger partial charge in [-0.1, -0.05) is 20.8 Å². The summed E-state index contributed by atoms with van der Waals surface area (Å²) in [5.74, 6) is 0.428. The van der Waals surface area contributed by atoms with E-state index in [0.717, 1.165) is 18.6 Å². The summed E-state index contributed by atoms with van der Waals surface area (Å²) in [7, 11) is -3.23. The Bertz CT molecular complexity index is 626. The van der Waals surface area contributed by atoms with E-state index < -0.39 is 10.0 Å². The molecule has 7 heteroatoms. The lowest BCUT2D eigenvalue weighted by atomic mass is 9.70. The monoisotopic (exact) mass is 327 g/mol. The molecule has 2 saturated carbocycles. The van der Waals surface area contributed by atoms with Gasteiger partial charge in [-0.05, 0) is 37.0 Å². The number of amides is 1. The zero-order chi connectivity index (χ0) is 16.2. The van der Waals surface area contributed by atoms with Gasteiger partial charge in [-0.3, -0.25) is 4.79 Å². The van der Waals surface area contributed by atoms with Gasteiger partial charge >= 0.3 is 0 Å². The van der Waals surface area contributed by atoms with Crippen LogP contribution in [-0.2, 0) is 14.8 Å². The van der Waals surface area contributed by atoms with Crippen LogP contribution in [0.25, 0.3) is 0 Å². The maximum absolute atomic E-state index is 12.0. The Hall–Kier alpha value is -0.950. The van der Waals surface area contributed by atoms with Gasteiger partial charge in [0.05, 0.1) is 12.3 Å². The Morgan fingerprint density at radius 3 is 2.64 bits per heavy atom. The van der Waals surface area contributed by atoms with Crippen LogP contribution in [0.1, 0.15) is 46.5 Å². The van der Waals surface area contributed by atoms with Crippen LogP contribution in [0.5, 0.6) is 0 Å². The van der Waals surface area contributed by atoms with E-state index in [1.54, 1.807) is 0 Å². The number of hydrogen-bond donors (Lipinski definition) is 1. The van der Waals surface area contributed by atoms with Crippen molar-refractivity contribution >= 4 is 21.6 Å². The fourth-order valence-electron chi connectivity index (χ4n) is 4.29. The first kappa shape index (κ1) is 15.9. The molecule has 1 saturated heterocycles. The first-order chi connectivity index (χ1) is 10.2. The van der Waals surface area contributed by atoms with Crippen molar-refractivity contribution < 1.29 is 13.2 Å². The van der Waals surface area contributed by atoms with E-state index in [2.05, 4.69) is 31.3 Å². The van der Waals surface area contributed by atoms with Crippen molar-refractivity contribution in [3.63, 3.8) is 0 Å². The molecule has 1 aliphatic heterocycles. The molecule has 0 unspecified atom stereocenters. The van der Waals surface area contributed by atoms with Crippen LogP contribution in [0, 0.1) is 16.7 Å². The topological polar surface area (TPSA) is 78.8 Å². The number of sulfonamides is 1. The summed E-state index contributed by atoms with van der Waals surface area (Å²) < 4.78 is 24.7. The lowest BCUT2D eigenvalue weighted by Crippen LogP contribution is -2.38. The smallest absolute Gasteiger partial charge is 0.255 e. The van der Waals surface area contributed by atoms with E-state index in [9.17, 15) is 13.2 Å². The second kappa shape index (κ2) is 5.03. The molecule has 0 aromatic rings. The lowest BCUT2D eigenvalue weighted by molar-refractivity contribution is -0.121. The molecule has 0 radical (unpaired) electrons. The molecular formula is C15H25N3O3S. The molecule has 2 bridgehead atoms. The Balaban J connectivity index is 1.64. The van der Waals surface area contributed by atoms with E-state index in [1.807, 2.05) is 0 Å². The molecule has 2 aliphatic carbocycles. The second-order valence-electron chi connectivity index (χ2n) is 7.59. The number of hydrazone groups is 1. The highest BCUT2D eigenvalue weighted by atomic mass is 32.2. The number of carbonyl (C=O) groups is 1. The predicted octanol–water partition coefficient (Wildman–Crippen LogP) is 1.34. The van der Waals surface area contributed by atoms with Crippen molar-refractivity contribution in [1.82, 2.24) is 9.73 Å². The van der Waals surface area contributed by atoms with Crippen molar-refractivity contribution in [1.29, 1.82) is 0 Å². The Morgan fingerprint density at radius 2 is 2.14 bits per heavy atom. The minimum absolute atomic E-state index is 0.0463. The lowest BCUT2D eigenvalue weighted by Gasteiger charge is -2.34. The Kier molecular flexibility index (Phi) is 3.64. The first-order valence-electron chi connectivity index (χ1n) is 8.00. The molecular weight excluding hydrogens is 302 g/mol. The summed E-state index contributed by atoms with van der Waals surface area (Å²) >= 11 is 0. The summed E-state index contributed by atoms with van der Waals surface area (Å²) in [6.45, 7) is 7.11. The van der Waals surface area contributed by atoms with E-state index in [4.69, 9.17) is 0 Å². The quantitative estimate of drug-likeness (QED) is 0.795. The summed E-state index contributed by atoms with van der Waals surface area (Å²) in [6.07, 6.45) is 3.87. The minimum Gasteiger partial charge on any atom is -0.272 e. The summed E-state index contributed by atoms with van der Waals surface area (Å²) in [6, 6.07) is 0. The highest BCUT2D eigenvalue weighted by molar-refractivity contribution is 7.89. The highest BCUT2D eigenvalue weighted by Crippen LogP contribution is 2.63. The maximum Gasteiger partial charge on any atom is 0.255 e. The van der Waals surface area contributed by atoms with Crippen LogP contribution in [0.4, 0.5) is 0 Å². The second-order valence-corrected chi connectivity index (χ2v) is 9.68. The van der Waals surface area contributed by atoms with E-state index in [-0.39, 0.29) is 29.0 Å². The van der Waals surface area contributed by atoms with Gasteiger partial charge in [-0.2, -0.15) is 9.41 Å². The third kappa shape index (κ3) is 2.29. The van der Waals surface area contributed by atoms with Crippen molar-refractivity contribution in [2.24, 2.45) is 21.8 Å². The van der Waals surface area contributed by atoms with Gasteiger partial charge in [0, 0.05) is 17.7 Å². The first-order valence-corrected chi connectivity index (χ1v) is 9.61. The van der Waals surface area contributed by atoms with E-state index >= 15 is 0 Å². The number of fused-ring (bicyclic) bond motifs is 2. The molecule has 22 heavy (non-hydrogen) atoms. The van der Waals surface area contributed by atoms with E-state index in [1.165, 1.54) is 10.7 Å². The zero-order valence-electron chi connectivity index (χ0n) is 13.6. The third-order valence-corrected chi connectivity index (χ3v) is 8.25. The molecule has 0 aromatic heterocycles. The molecule has 0 aromatic carbocycles. The van der Waals surface area contributed by atoms with Crippen LogP contribution in [-0.4, -0.2) is 43.2 Å². The SMILES string of the molecule is CC1(C)[C@H]2CC[C@]1(C)C(=NNC(=O)CN1CCCS1(=O)=O)C2. The number of carbonyl (C=O) groups excluding carboxylic acids is 1. The zero-order valence-corrected chi connectivity index (χ0v) is 14.4. The van der Waals surface area contributed by atoms with Gasteiger partial charge in [-0.25, -0.2) is 13.8 Å². The molecule has 1 N–H and O–H groups in total. The third-order valence-electron chi connectivity index (χ3n) is 6.35. The molecule has 3 aliphatic rings. The van der Waals surface area contributed by atoms with Crippen LogP contribution in [0.3, 0.4) is 0 Å². The van der Waals surface area contributed by atoms with Crippen LogP contribution in [0.2, 0.25) is 0 Å². The van der Waals surface area contributed by atoms with Gasteiger partial charge in [0.2, 0.25) is 10.0 Å². The number of nitrogens with one attached hydrogen (secondary N) is 1. The average Bonchev–Trinajstić information content (AvgIpc) is 2.93. The fraction of sp³-hybridized carbons (Fsp3) is 0.867. The highest BCUT2D eigenvalue weighted by Gasteiger charge is 2.60. The number of rotatable bonds is 3. The minimum atomic E-state index is -3.23. The summed E-state index contributed by atoms with van der Waals surface area (Å²) in [4.78, 5) is 12.0. The Morgan fingerprint density at radius 1 is 1.41 bits per heavy atom. The molecule has 3 rings (SSSR count). The molecule has 3 fully saturated rings. The maximum atomic E-state index is 12.0. The largest absolute Gasteiger partial charge is 0.272 e. The fourth-order valence-corrected chi connectivity index (χ4v) is 5.77. The molecule has 0 spiro atoms. The molecule has 124 valence electrons. The normalized spacial score (nSPS) is 37.8. The van der Waals surface area contributed by atoms with Gasteiger partial charge in [0.15, 0.2) is 0 Å². The van der Waals surface area contributed by atoms with Gasteiger partial charge < -0.3 is 0 Å². The summed E-state index contributed by atoms with van der Waals surface area (Å²) in [5, 5.41) is 4.36.